The molecule has 0 saturated carbocycles. The quantitative estimate of drug-likeness (QED) is 0.851. The standard InChI is InChI=1S/C15H22FNO5S/c1-10-6-11(4-5-22-10)9-17-23(18,19)15-8-14(21-3)13(20-2)7-12(15)16/h7-8,10-11,17H,4-6,9H2,1-3H3/t10-,11+/m0/s1. The van der Waals surface area contributed by atoms with Crippen molar-refractivity contribution in [3.05, 3.63) is 17.9 Å². The second kappa shape index (κ2) is 7.46. The van der Waals surface area contributed by atoms with Crippen molar-refractivity contribution in [2.24, 2.45) is 5.92 Å². The predicted molar refractivity (Wildman–Crippen MR) is 82.8 cm³/mol. The Labute approximate surface area is 136 Å². The molecular weight excluding hydrogens is 325 g/mol. The van der Waals surface area contributed by atoms with Gasteiger partial charge in [-0.1, -0.05) is 0 Å². The van der Waals surface area contributed by atoms with E-state index in [-0.39, 0.29) is 30.1 Å². The van der Waals surface area contributed by atoms with Crippen LogP contribution in [0.5, 0.6) is 11.5 Å². The SMILES string of the molecule is COc1cc(F)c(S(=O)(=O)NC[C@@H]2CCO[C@@H](C)C2)cc1OC. The monoisotopic (exact) mass is 347 g/mol. The molecule has 1 fully saturated rings. The van der Waals surface area contributed by atoms with Crippen LogP contribution in [0.15, 0.2) is 17.0 Å². The number of rotatable bonds is 6. The van der Waals surface area contributed by atoms with Gasteiger partial charge < -0.3 is 14.2 Å². The second-order valence-corrected chi connectivity index (χ2v) is 7.30. The summed E-state index contributed by atoms with van der Waals surface area (Å²) in [6.45, 7) is 2.82. The summed E-state index contributed by atoms with van der Waals surface area (Å²) in [5, 5.41) is 0. The Morgan fingerprint density at radius 2 is 1.96 bits per heavy atom. The highest BCUT2D eigenvalue weighted by Crippen LogP contribution is 2.32. The van der Waals surface area contributed by atoms with Crippen LogP contribution in [0, 0.1) is 11.7 Å². The molecule has 6 nitrogen and oxygen atoms in total. The van der Waals surface area contributed by atoms with Gasteiger partial charge in [-0.25, -0.2) is 17.5 Å². The Hall–Kier alpha value is -1.38. The van der Waals surface area contributed by atoms with Crippen LogP contribution in [-0.4, -0.2) is 41.9 Å². The minimum atomic E-state index is -3.97. The maximum Gasteiger partial charge on any atom is 0.243 e. The van der Waals surface area contributed by atoms with Crippen LogP contribution in [-0.2, 0) is 14.8 Å². The van der Waals surface area contributed by atoms with E-state index in [0.717, 1.165) is 25.0 Å². The van der Waals surface area contributed by atoms with Gasteiger partial charge in [-0.05, 0) is 25.7 Å². The molecule has 1 aliphatic rings. The number of ether oxygens (including phenoxy) is 3. The minimum absolute atomic E-state index is 0.107. The molecular formula is C15H22FNO5S. The number of hydrogen-bond donors (Lipinski definition) is 1. The first-order valence-corrected chi connectivity index (χ1v) is 8.88. The summed E-state index contributed by atoms with van der Waals surface area (Å²) in [4.78, 5) is -0.449. The summed E-state index contributed by atoms with van der Waals surface area (Å²) in [6, 6.07) is 2.13. The highest BCUT2D eigenvalue weighted by atomic mass is 32.2. The molecule has 0 radical (unpaired) electrons. The van der Waals surface area contributed by atoms with Crippen LogP contribution in [0.1, 0.15) is 19.8 Å². The molecule has 1 saturated heterocycles. The van der Waals surface area contributed by atoms with E-state index in [1.807, 2.05) is 6.92 Å². The molecule has 1 N–H and O–H groups in total. The van der Waals surface area contributed by atoms with E-state index in [1.54, 1.807) is 0 Å². The molecule has 0 bridgehead atoms. The fraction of sp³-hybridized carbons (Fsp3) is 0.600. The van der Waals surface area contributed by atoms with Crippen molar-refractivity contribution in [1.82, 2.24) is 4.72 Å². The fourth-order valence-corrected chi connectivity index (χ4v) is 3.81. The summed E-state index contributed by atoms with van der Waals surface area (Å²) >= 11 is 0. The van der Waals surface area contributed by atoms with Gasteiger partial charge in [0.2, 0.25) is 10.0 Å². The highest BCUT2D eigenvalue weighted by Gasteiger charge is 2.25. The third-order valence-corrected chi connectivity index (χ3v) is 5.32. The Morgan fingerprint density at radius 3 is 2.57 bits per heavy atom. The van der Waals surface area contributed by atoms with Crippen LogP contribution < -0.4 is 14.2 Å². The van der Waals surface area contributed by atoms with Crippen molar-refractivity contribution < 1.29 is 27.0 Å². The third kappa shape index (κ3) is 4.33. The first-order chi connectivity index (χ1) is 10.9. The lowest BCUT2D eigenvalue weighted by molar-refractivity contribution is 0.00397. The van der Waals surface area contributed by atoms with Gasteiger partial charge in [-0.2, -0.15) is 0 Å². The average molecular weight is 347 g/mol. The smallest absolute Gasteiger partial charge is 0.243 e. The number of sulfonamides is 1. The minimum Gasteiger partial charge on any atom is -0.493 e. The maximum absolute atomic E-state index is 14.1. The van der Waals surface area contributed by atoms with Crippen LogP contribution >= 0.6 is 0 Å². The summed E-state index contributed by atoms with van der Waals surface area (Å²) < 4.78 is 56.7. The number of halogens is 1. The molecule has 1 aliphatic heterocycles. The van der Waals surface area contributed by atoms with E-state index < -0.39 is 20.7 Å². The van der Waals surface area contributed by atoms with Crippen LogP contribution in [0.2, 0.25) is 0 Å². The lowest BCUT2D eigenvalue weighted by atomic mass is 9.97. The Bertz CT molecular complexity index is 650. The average Bonchev–Trinajstić information content (AvgIpc) is 2.52. The van der Waals surface area contributed by atoms with Crippen molar-refractivity contribution in [2.45, 2.75) is 30.8 Å². The van der Waals surface area contributed by atoms with Gasteiger partial charge in [0.25, 0.3) is 0 Å². The summed E-state index contributed by atoms with van der Waals surface area (Å²) in [5.41, 5.74) is 0. The Kier molecular flexibility index (Phi) is 5.83. The van der Waals surface area contributed by atoms with Gasteiger partial charge in [0.15, 0.2) is 11.5 Å². The van der Waals surface area contributed by atoms with E-state index in [4.69, 9.17) is 14.2 Å². The normalized spacial score (nSPS) is 21.9. The lowest BCUT2D eigenvalue weighted by Gasteiger charge is -2.27. The molecule has 0 aromatic heterocycles. The molecule has 1 heterocycles. The van der Waals surface area contributed by atoms with E-state index in [2.05, 4.69) is 4.72 Å². The summed E-state index contributed by atoms with van der Waals surface area (Å²) in [7, 11) is -1.25. The fourth-order valence-electron chi connectivity index (χ4n) is 2.62. The van der Waals surface area contributed by atoms with Crippen molar-refractivity contribution in [3.63, 3.8) is 0 Å². The number of nitrogens with one attached hydrogen (secondary N) is 1. The van der Waals surface area contributed by atoms with Gasteiger partial charge >= 0.3 is 0 Å². The molecule has 2 rings (SSSR count). The molecule has 8 heteroatoms. The molecule has 23 heavy (non-hydrogen) atoms. The molecule has 1 aromatic carbocycles. The van der Waals surface area contributed by atoms with E-state index in [0.29, 0.717) is 6.61 Å². The van der Waals surface area contributed by atoms with Gasteiger partial charge in [-0.3, -0.25) is 0 Å². The van der Waals surface area contributed by atoms with Gasteiger partial charge in [0, 0.05) is 25.3 Å². The zero-order valence-corrected chi connectivity index (χ0v) is 14.3. The molecule has 0 spiro atoms. The highest BCUT2D eigenvalue weighted by molar-refractivity contribution is 7.89. The Morgan fingerprint density at radius 1 is 1.30 bits per heavy atom. The molecule has 130 valence electrons. The number of methoxy groups -OCH3 is 2. The van der Waals surface area contributed by atoms with Crippen LogP contribution in [0.25, 0.3) is 0 Å². The van der Waals surface area contributed by atoms with Gasteiger partial charge in [0.05, 0.1) is 20.3 Å². The maximum atomic E-state index is 14.1. The number of benzene rings is 1. The topological polar surface area (TPSA) is 73.9 Å². The van der Waals surface area contributed by atoms with Crippen molar-refractivity contribution in [3.8, 4) is 11.5 Å². The molecule has 2 atom stereocenters. The van der Waals surface area contributed by atoms with E-state index >= 15 is 0 Å². The molecule has 0 unspecified atom stereocenters. The predicted octanol–water partition coefficient (Wildman–Crippen LogP) is 1.94. The van der Waals surface area contributed by atoms with Crippen LogP contribution in [0.4, 0.5) is 4.39 Å². The zero-order chi connectivity index (χ0) is 17.0. The van der Waals surface area contributed by atoms with Crippen molar-refractivity contribution in [2.75, 3.05) is 27.4 Å². The number of hydrogen-bond acceptors (Lipinski definition) is 5. The summed E-state index contributed by atoms with van der Waals surface area (Å²) in [5.74, 6) is -0.400. The first-order valence-electron chi connectivity index (χ1n) is 7.40. The third-order valence-electron chi connectivity index (χ3n) is 3.88. The van der Waals surface area contributed by atoms with Gasteiger partial charge in [-0.15, -0.1) is 0 Å². The molecule has 1 aromatic rings. The second-order valence-electron chi connectivity index (χ2n) is 5.56. The van der Waals surface area contributed by atoms with Crippen LogP contribution in [0.3, 0.4) is 0 Å². The van der Waals surface area contributed by atoms with Gasteiger partial charge in [0.1, 0.15) is 10.7 Å². The first kappa shape index (κ1) is 18.0. The summed E-state index contributed by atoms with van der Waals surface area (Å²) in [6.07, 6.45) is 1.66. The molecule has 0 amide bonds. The largest absolute Gasteiger partial charge is 0.493 e. The van der Waals surface area contributed by atoms with E-state index in [1.165, 1.54) is 14.2 Å². The zero-order valence-electron chi connectivity index (χ0n) is 13.5. The van der Waals surface area contributed by atoms with Crippen molar-refractivity contribution >= 4 is 10.0 Å². The van der Waals surface area contributed by atoms with Crippen molar-refractivity contribution in [1.29, 1.82) is 0 Å². The lowest BCUT2D eigenvalue weighted by Crippen LogP contribution is -2.34. The Balaban J connectivity index is 2.15. The van der Waals surface area contributed by atoms with E-state index in [9.17, 15) is 12.8 Å². The molecule has 0 aliphatic carbocycles.